The van der Waals surface area contributed by atoms with Crippen molar-refractivity contribution >= 4 is 15.7 Å². The minimum atomic E-state index is -3.02. The molecule has 0 aliphatic carbocycles. The largest absolute Gasteiger partial charge is 0.497 e. The predicted octanol–water partition coefficient (Wildman–Crippen LogP) is 1.80. The van der Waals surface area contributed by atoms with Gasteiger partial charge in [0.15, 0.2) is 0 Å². The summed E-state index contributed by atoms with van der Waals surface area (Å²) in [6, 6.07) is 7.68. The zero-order valence-electron chi connectivity index (χ0n) is 13.6. The van der Waals surface area contributed by atoms with E-state index in [2.05, 4.69) is 0 Å². The Balaban J connectivity index is 1.69. The molecule has 5 nitrogen and oxygen atoms in total. The van der Waals surface area contributed by atoms with Gasteiger partial charge < -0.3 is 9.64 Å². The SMILES string of the molecule is COc1ccc(CC(=O)N2C3CCC2CC(S(C)(=O)=O)C3)cc1. The van der Waals surface area contributed by atoms with Crippen LogP contribution in [0, 0.1) is 0 Å². The van der Waals surface area contributed by atoms with Gasteiger partial charge in [-0.1, -0.05) is 12.1 Å². The molecule has 0 aromatic heterocycles. The van der Waals surface area contributed by atoms with Crippen molar-refractivity contribution in [3.63, 3.8) is 0 Å². The highest BCUT2D eigenvalue weighted by Crippen LogP contribution is 2.38. The van der Waals surface area contributed by atoms with Crippen LogP contribution in [0.3, 0.4) is 0 Å². The molecule has 0 radical (unpaired) electrons. The fourth-order valence-corrected chi connectivity index (χ4v) is 5.04. The first-order chi connectivity index (χ1) is 10.9. The van der Waals surface area contributed by atoms with E-state index in [4.69, 9.17) is 4.74 Å². The summed E-state index contributed by atoms with van der Waals surface area (Å²) < 4.78 is 28.8. The second-order valence-corrected chi connectivity index (χ2v) is 8.96. The first-order valence-electron chi connectivity index (χ1n) is 8.01. The molecule has 0 spiro atoms. The van der Waals surface area contributed by atoms with Crippen LogP contribution in [-0.4, -0.2) is 49.9 Å². The van der Waals surface area contributed by atoms with Crippen molar-refractivity contribution in [1.82, 2.24) is 4.90 Å². The van der Waals surface area contributed by atoms with Gasteiger partial charge in [0, 0.05) is 18.3 Å². The molecular weight excluding hydrogens is 314 g/mol. The standard InChI is InChI=1S/C17H23NO4S/c1-22-15-7-3-12(4-8-15)9-17(19)18-13-5-6-14(18)11-16(10-13)23(2,20)21/h3-4,7-8,13-14,16H,5-6,9-11H2,1-2H3. The summed E-state index contributed by atoms with van der Waals surface area (Å²) in [5.74, 6) is 0.879. The molecule has 1 aromatic carbocycles. The van der Waals surface area contributed by atoms with Crippen LogP contribution in [0.4, 0.5) is 0 Å². The number of carbonyl (C=O) groups is 1. The normalized spacial score (nSPS) is 27.0. The molecule has 3 rings (SSSR count). The molecule has 2 heterocycles. The average molecular weight is 337 g/mol. The predicted molar refractivity (Wildman–Crippen MR) is 88.2 cm³/mol. The van der Waals surface area contributed by atoms with E-state index in [1.165, 1.54) is 6.26 Å². The lowest BCUT2D eigenvalue weighted by molar-refractivity contribution is -0.134. The number of carbonyl (C=O) groups excluding carboxylic acids is 1. The number of methoxy groups -OCH3 is 1. The van der Waals surface area contributed by atoms with Gasteiger partial charge in [0.2, 0.25) is 5.91 Å². The van der Waals surface area contributed by atoms with Gasteiger partial charge in [0.25, 0.3) is 0 Å². The van der Waals surface area contributed by atoms with Crippen molar-refractivity contribution in [2.45, 2.75) is 49.4 Å². The Morgan fingerprint density at radius 3 is 2.22 bits per heavy atom. The Hall–Kier alpha value is -1.56. The van der Waals surface area contributed by atoms with Crippen LogP contribution in [-0.2, 0) is 21.1 Å². The lowest BCUT2D eigenvalue weighted by Crippen LogP contribution is -2.50. The van der Waals surface area contributed by atoms with Crippen LogP contribution in [0.5, 0.6) is 5.75 Å². The van der Waals surface area contributed by atoms with Crippen molar-refractivity contribution in [3.05, 3.63) is 29.8 Å². The number of rotatable bonds is 4. The number of fused-ring (bicyclic) bond motifs is 2. The van der Waals surface area contributed by atoms with Gasteiger partial charge in [-0.15, -0.1) is 0 Å². The highest BCUT2D eigenvalue weighted by atomic mass is 32.2. The van der Waals surface area contributed by atoms with Crippen LogP contribution in [0.25, 0.3) is 0 Å². The third kappa shape index (κ3) is 3.37. The van der Waals surface area contributed by atoms with E-state index >= 15 is 0 Å². The summed E-state index contributed by atoms with van der Waals surface area (Å²) in [7, 11) is -1.40. The van der Waals surface area contributed by atoms with Gasteiger partial charge in [-0.25, -0.2) is 8.42 Å². The Bertz CT molecular complexity index is 669. The maximum atomic E-state index is 12.7. The number of hydrogen-bond acceptors (Lipinski definition) is 4. The third-order valence-electron chi connectivity index (χ3n) is 5.10. The maximum absolute atomic E-state index is 12.7. The molecule has 1 aromatic rings. The topological polar surface area (TPSA) is 63.7 Å². The molecule has 0 N–H and O–H groups in total. The smallest absolute Gasteiger partial charge is 0.227 e. The summed E-state index contributed by atoms with van der Waals surface area (Å²) >= 11 is 0. The van der Waals surface area contributed by atoms with Gasteiger partial charge in [0.1, 0.15) is 15.6 Å². The number of ether oxygens (including phenoxy) is 1. The highest BCUT2D eigenvalue weighted by Gasteiger charge is 2.45. The summed E-state index contributed by atoms with van der Waals surface area (Å²) in [5, 5.41) is -0.287. The summed E-state index contributed by atoms with van der Waals surface area (Å²) in [4.78, 5) is 14.6. The number of benzene rings is 1. The van der Waals surface area contributed by atoms with Gasteiger partial charge in [-0.3, -0.25) is 4.79 Å². The van der Waals surface area contributed by atoms with Crippen molar-refractivity contribution in [3.8, 4) is 5.75 Å². The Morgan fingerprint density at radius 1 is 1.17 bits per heavy atom. The fourth-order valence-electron chi connectivity index (χ4n) is 3.89. The Morgan fingerprint density at radius 2 is 1.74 bits per heavy atom. The van der Waals surface area contributed by atoms with E-state index in [0.717, 1.165) is 24.2 Å². The molecular formula is C17H23NO4S. The van der Waals surface area contributed by atoms with Crippen molar-refractivity contribution in [2.75, 3.05) is 13.4 Å². The second-order valence-electron chi connectivity index (χ2n) is 6.63. The van der Waals surface area contributed by atoms with E-state index in [1.807, 2.05) is 29.2 Å². The molecule has 2 aliphatic heterocycles. The van der Waals surface area contributed by atoms with Crippen LogP contribution in [0.2, 0.25) is 0 Å². The van der Waals surface area contributed by atoms with E-state index in [9.17, 15) is 13.2 Å². The lowest BCUT2D eigenvalue weighted by Gasteiger charge is -2.38. The first-order valence-corrected chi connectivity index (χ1v) is 9.97. The minimum Gasteiger partial charge on any atom is -0.497 e. The first kappa shape index (κ1) is 16.3. The van der Waals surface area contributed by atoms with E-state index < -0.39 is 9.84 Å². The lowest BCUT2D eigenvalue weighted by atomic mass is 10.0. The van der Waals surface area contributed by atoms with E-state index in [0.29, 0.717) is 19.3 Å². The zero-order chi connectivity index (χ0) is 16.6. The number of nitrogens with zero attached hydrogens (tertiary/aromatic N) is 1. The summed E-state index contributed by atoms with van der Waals surface area (Å²) in [6.45, 7) is 0. The van der Waals surface area contributed by atoms with Crippen molar-refractivity contribution < 1.29 is 17.9 Å². The van der Waals surface area contributed by atoms with Gasteiger partial charge >= 0.3 is 0 Å². The maximum Gasteiger partial charge on any atom is 0.227 e. The Labute approximate surface area is 137 Å². The number of sulfone groups is 1. The van der Waals surface area contributed by atoms with Crippen molar-refractivity contribution in [2.24, 2.45) is 0 Å². The minimum absolute atomic E-state index is 0.0826. The molecule has 2 unspecified atom stereocenters. The third-order valence-corrected chi connectivity index (χ3v) is 6.69. The summed E-state index contributed by atoms with van der Waals surface area (Å²) in [5.41, 5.74) is 0.959. The average Bonchev–Trinajstić information content (AvgIpc) is 2.77. The van der Waals surface area contributed by atoms with Crippen LogP contribution >= 0.6 is 0 Å². The second kappa shape index (κ2) is 6.15. The quantitative estimate of drug-likeness (QED) is 0.840. The van der Waals surface area contributed by atoms with Crippen LogP contribution in [0.15, 0.2) is 24.3 Å². The van der Waals surface area contributed by atoms with Gasteiger partial charge in [-0.05, 0) is 43.4 Å². The molecule has 1 amide bonds. The van der Waals surface area contributed by atoms with Gasteiger partial charge in [0.05, 0.1) is 18.8 Å². The molecule has 2 fully saturated rings. The molecule has 2 saturated heterocycles. The molecule has 2 atom stereocenters. The molecule has 126 valence electrons. The monoisotopic (exact) mass is 337 g/mol. The molecule has 6 heteroatoms. The zero-order valence-corrected chi connectivity index (χ0v) is 14.4. The molecule has 2 aliphatic rings. The van der Waals surface area contributed by atoms with E-state index in [-0.39, 0.29) is 23.2 Å². The number of amides is 1. The van der Waals surface area contributed by atoms with Crippen LogP contribution in [0.1, 0.15) is 31.2 Å². The molecule has 23 heavy (non-hydrogen) atoms. The molecule has 0 saturated carbocycles. The number of hydrogen-bond donors (Lipinski definition) is 0. The Kier molecular flexibility index (Phi) is 4.36. The fraction of sp³-hybridized carbons (Fsp3) is 0.588. The summed E-state index contributed by atoms with van der Waals surface area (Å²) in [6.07, 6.45) is 4.69. The highest BCUT2D eigenvalue weighted by molar-refractivity contribution is 7.91. The van der Waals surface area contributed by atoms with Crippen LogP contribution < -0.4 is 4.74 Å². The van der Waals surface area contributed by atoms with Gasteiger partial charge in [-0.2, -0.15) is 0 Å². The number of piperidine rings is 1. The van der Waals surface area contributed by atoms with E-state index in [1.54, 1.807) is 7.11 Å². The van der Waals surface area contributed by atoms with Crippen molar-refractivity contribution in [1.29, 1.82) is 0 Å². The molecule has 2 bridgehead atoms.